The summed E-state index contributed by atoms with van der Waals surface area (Å²) < 4.78 is 0. The van der Waals surface area contributed by atoms with E-state index in [-0.39, 0.29) is 75.9 Å². The van der Waals surface area contributed by atoms with Crippen molar-refractivity contribution in [2.45, 2.75) is 0 Å². The average Bonchev–Trinajstić information content (AvgIpc) is 0. The van der Waals surface area contributed by atoms with E-state index in [0.717, 1.165) is 0 Å². The van der Waals surface area contributed by atoms with Crippen LogP contribution in [0.5, 0.6) is 0 Å². The van der Waals surface area contributed by atoms with E-state index in [4.69, 9.17) is 0 Å². The molecule has 0 radical (unpaired) electrons. The van der Waals surface area contributed by atoms with Gasteiger partial charge in [-0.05, 0) is 0 Å². The minimum absolute atomic E-state index is 0. The van der Waals surface area contributed by atoms with Gasteiger partial charge in [0.05, 0.1) is 0 Å². The van der Waals surface area contributed by atoms with Crippen LogP contribution in [0.15, 0.2) is 0 Å². The van der Waals surface area contributed by atoms with Gasteiger partial charge in [0, 0.05) is 0 Å². The van der Waals surface area contributed by atoms with Crippen molar-refractivity contribution in [3.8, 4) is 0 Å². The molecule has 0 saturated heterocycles. The summed E-state index contributed by atoms with van der Waals surface area (Å²) >= 11 is 0. The Morgan fingerprint density at radius 3 is 1.00 bits per heavy atom. The van der Waals surface area contributed by atoms with Gasteiger partial charge in [-0.1, -0.05) is 0 Å². The molecule has 0 heterocycles. The predicted molar refractivity (Wildman–Crippen MR) is 16.9 cm³/mol. The fourth-order valence-electron chi connectivity index (χ4n) is 0. The SMILES string of the molecule is P.[Ba+2].[Cl-].[F-]. The van der Waals surface area contributed by atoms with Gasteiger partial charge in [-0.2, -0.15) is 9.90 Å². The minimum Gasteiger partial charge on any atom is -1.00 e. The van der Waals surface area contributed by atoms with Gasteiger partial charge in [0.1, 0.15) is 0 Å². The van der Waals surface area contributed by atoms with Crippen LogP contribution >= 0.6 is 9.90 Å². The van der Waals surface area contributed by atoms with Crippen molar-refractivity contribution in [1.82, 2.24) is 0 Å². The molecule has 0 aromatic heterocycles. The molecular formula is H3BaClFP. The molecule has 0 N–H and O–H groups in total. The Morgan fingerprint density at radius 1 is 1.00 bits per heavy atom. The molecule has 4 heavy (non-hydrogen) atoms. The Morgan fingerprint density at radius 2 is 1.00 bits per heavy atom. The summed E-state index contributed by atoms with van der Waals surface area (Å²) in [5.41, 5.74) is 0. The van der Waals surface area contributed by atoms with Crippen molar-refractivity contribution in [3.63, 3.8) is 0 Å². The summed E-state index contributed by atoms with van der Waals surface area (Å²) in [6.45, 7) is 0. The second-order valence-electron chi connectivity index (χ2n) is 0. The number of hydrogen-bond acceptors (Lipinski definition) is 0. The van der Waals surface area contributed by atoms with Crippen LogP contribution in [0.2, 0.25) is 0 Å². The smallest absolute Gasteiger partial charge is 1.00 e. The van der Waals surface area contributed by atoms with Crippen molar-refractivity contribution >= 4 is 58.8 Å². The first kappa shape index (κ1) is 34.4. The van der Waals surface area contributed by atoms with E-state index in [1.54, 1.807) is 0 Å². The molecule has 0 fully saturated rings. The Kier molecular flexibility index (Phi) is 162. The molecule has 1 unspecified atom stereocenters. The van der Waals surface area contributed by atoms with E-state index < -0.39 is 0 Å². The molecule has 0 amide bonds. The first-order chi connectivity index (χ1) is 0. The Bertz CT molecular complexity index is 8.00. The van der Waals surface area contributed by atoms with Crippen LogP contribution < -0.4 is 17.1 Å². The molecule has 1 atom stereocenters. The largest absolute Gasteiger partial charge is 2.00 e. The summed E-state index contributed by atoms with van der Waals surface area (Å²) in [5.74, 6) is 0. The van der Waals surface area contributed by atoms with Crippen LogP contribution in [0, 0.1) is 0 Å². The van der Waals surface area contributed by atoms with Crippen molar-refractivity contribution in [1.29, 1.82) is 0 Å². The summed E-state index contributed by atoms with van der Waals surface area (Å²) in [4.78, 5) is 0. The number of halogens is 2. The maximum Gasteiger partial charge on any atom is 2.00 e. The molecule has 0 rings (SSSR count). The van der Waals surface area contributed by atoms with Crippen LogP contribution in [-0.2, 0) is 0 Å². The second kappa shape index (κ2) is 18.9. The summed E-state index contributed by atoms with van der Waals surface area (Å²) in [7, 11) is 0. The van der Waals surface area contributed by atoms with Gasteiger partial charge in [-0.3, -0.25) is 0 Å². The molecule has 0 aliphatic heterocycles. The summed E-state index contributed by atoms with van der Waals surface area (Å²) in [6, 6.07) is 0. The quantitative estimate of drug-likeness (QED) is 0.284. The van der Waals surface area contributed by atoms with Crippen molar-refractivity contribution in [2.24, 2.45) is 0 Å². The molecule has 0 saturated carbocycles. The molecule has 0 aliphatic rings. The Labute approximate surface area is 74.6 Å². The van der Waals surface area contributed by atoms with E-state index in [1.165, 1.54) is 0 Å². The minimum atomic E-state index is 0. The number of hydrogen-bond donors (Lipinski definition) is 0. The van der Waals surface area contributed by atoms with Gasteiger partial charge in [-0.15, -0.1) is 0 Å². The van der Waals surface area contributed by atoms with Crippen LogP contribution in [0.1, 0.15) is 0 Å². The zero-order chi connectivity index (χ0) is 0. The first-order valence-electron chi connectivity index (χ1n) is 0. The Balaban J connectivity index is 0. The molecule has 0 bridgehead atoms. The molecule has 0 spiro atoms. The van der Waals surface area contributed by atoms with Crippen molar-refractivity contribution < 1.29 is 17.1 Å². The van der Waals surface area contributed by atoms with Crippen LogP contribution in [0.25, 0.3) is 0 Å². The fourth-order valence-corrected chi connectivity index (χ4v) is 0. The third-order valence-electron chi connectivity index (χ3n) is 0. The second-order valence-corrected chi connectivity index (χ2v) is 0. The molecule has 24 valence electrons. The third kappa shape index (κ3) is 8.88. The summed E-state index contributed by atoms with van der Waals surface area (Å²) in [5, 5.41) is 0. The van der Waals surface area contributed by atoms with Crippen molar-refractivity contribution in [2.75, 3.05) is 0 Å². The molecule has 0 aromatic carbocycles. The predicted octanol–water partition coefficient (Wildman–Crippen LogP) is -6.31. The fraction of sp³-hybridized carbons (Fsp3) is 0. The van der Waals surface area contributed by atoms with Gasteiger partial charge >= 0.3 is 48.9 Å². The first-order valence-corrected chi connectivity index (χ1v) is 0. The number of rotatable bonds is 0. The zero-order valence-corrected chi connectivity index (χ0v) is 8.78. The van der Waals surface area contributed by atoms with Gasteiger partial charge in [0.25, 0.3) is 0 Å². The topological polar surface area (TPSA) is 0 Å². The molecule has 0 aliphatic carbocycles. The van der Waals surface area contributed by atoms with Crippen LogP contribution in [0.3, 0.4) is 0 Å². The molecular weight excluding hydrogens is 223 g/mol. The maximum atomic E-state index is 0. The molecule has 0 nitrogen and oxygen atoms in total. The van der Waals surface area contributed by atoms with E-state index >= 15 is 0 Å². The van der Waals surface area contributed by atoms with Crippen molar-refractivity contribution in [3.05, 3.63) is 0 Å². The van der Waals surface area contributed by atoms with E-state index in [2.05, 4.69) is 0 Å². The van der Waals surface area contributed by atoms with Gasteiger partial charge in [0.2, 0.25) is 0 Å². The van der Waals surface area contributed by atoms with E-state index in [9.17, 15) is 0 Å². The summed E-state index contributed by atoms with van der Waals surface area (Å²) in [6.07, 6.45) is 0. The van der Waals surface area contributed by atoms with Crippen LogP contribution in [0.4, 0.5) is 0 Å². The third-order valence-corrected chi connectivity index (χ3v) is 0. The van der Waals surface area contributed by atoms with E-state index in [1.807, 2.05) is 0 Å². The normalized spacial score (nSPS) is 0. The van der Waals surface area contributed by atoms with Gasteiger partial charge in [-0.25, -0.2) is 0 Å². The average molecular weight is 226 g/mol. The molecule has 0 aromatic rings. The molecule has 4 heteroatoms. The monoisotopic (exact) mass is 226 g/mol. The van der Waals surface area contributed by atoms with Gasteiger partial charge in [0.15, 0.2) is 0 Å². The van der Waals surface area contributed by atoms with Gasteiger partial charge < -0.3 is 17.1 Å². The standard InChI is InChI=1S/Ba.ClH.FH.H3P/h;2*1H;1H3/q+2;;;/p-2. The van der Waals surface area contributed by atoms with E-state index in [0.29, 0.717) is 0 Å². The maximum absolute atomic E-state index is 0. The zero-order valence-electron chi connectivity index (χ0n) is 2.17. The van der Waals surface area contributed by atoms with Crippen LogP contribution in [-0.4, -0.2) is 48.9 Å². The Hall–Kier alpha value is 2.22.